The van der Waals surface area contributed by atoms with Crippen LogP contribution in [0.15, 0.2) is 22.7 Å². The second-order valence-corrected chi connectivity index (χ2v) is 5.64. The van der Waals surface area contributed by atoms with Crippen LogP contribution in [0.3, 0.4) is 0 Å². The number of phenols is 1. The molecule has 4 rings (SSSR count). The Hall–Kier alpha value is -1.88. The van der Waals surface area contributed by atoms with Gasteiger partial charge in [-0.25, -0.2) is 0 Å². The van der Waals surface area contributed by atoms with E-state index >= 15 is 0 Å². The van der Waals surface area contributed by atoms with E-state index in [9.17, 15) is 5.11 Å². The van der Waals surface area contributed by atoms with Crippen molar-refractivity contribution in [3.8, 4) is 17.2 Å². The standard InChI is InChI=1S/C15H16N2O3/c1-8-3-2-4-10(13(8)18)15-16-14(17-20-15)11-7-9-5-6-12(11)19-9/h2-4,9,11-12,18H,5-7H2,1H3. The van der Waals surface area contributed by atoms with Crippen LogP contribution >= 0.6 is 0 Å². The van der Waals surface area contributed by atoms with Crippen LogP contribution in [0.25, 0.3) is 11.5 Å². The highest BCUT2D eigenvalue weighted by molar-refractivity contribution is 5.64. The number of phenolic OH excluding ortho intramolecular Hbond substituents is 1. The number of hydrogen-bond donors (Lipinski definition) is 1. The molecule has 1 aromatic heterocycles. The zero-order valence-corrected chi connectivity index (χ0v) is 11.2. The third-order valence-electron chi connectivity index (χ3n) is 4.35. The van der Waals surface area contributed by atoms with E-state index in [0.29, 0.717) is 23.4 Å². The molecule has 5 nitrogen and oxygen atoms in total. The van der Waals surface area contributed by atoms with Crippen LogP contribution < -0.4 is 0 Å². The zero-order chi connectivity index (χ0) is 13.7. The van der Waals surface area contributed by atoms with Gasteiger partial charge in [-0.05, 0) is 37.8 Å². The highest BCUT2D eigenvalue weighted by atomic mass is 16.5. The minimum atomic E-state index is 0.201. The second-order valence-electron chi connectivity index (χ2n) is 5.64. The first-order valence-corrected chi connectivity index (χ1v) is 7.00. The maximum Gasteiger partial charge on any atom is 0.261 e. The zero-order valence-electron chi connectivity index (χ0n) is 11.2. The predicted molar refractivity (Wildman–Crippen MR) is 71.4 cm³/mol. The Bertz CT molecular complexity index is 652. The average Bonchev–Trinajstić information content (AvgIpc) is 3.16. The van der Waals surface area contributed by atoms with Crippen molar-refractivity contribution < 1.29 is 14.4 Å². The quantitative estimate of drug-likeness (QED) is 0.910. The number of benzene rings is 1. The van der Waals surface area contributed by atoms with Gasteiger partial charge in [-0.1, -0.05) is 17.3 Å². The maximum absolute atomic E-state index is 10.1. The van der Waals surface area contributed by atoms with Gasteiger partial charge in [0, 0.05) is 0 Å². The van der Waals surface area contributed by atoms with Crippen molar-refractivity contribution in [2.75, 3.05) is 0 Å². The molecule has 2 aromatic rings. The Kier molecular flexibility index (Phi) is 2.57. The van der Waals surface area contributed by atoms with E-state index in [1.165, 1.54) is 0 Å². The smallest absolute Gasteiger partial charge is 0.261 e. The molecule has 0 radical (unpaired) electrons. The molecule has 2 aliphatic rings. The van der Waals surface area contributed by atoms with Gasteiger partial charge in [-0.2, -0.15) is 4.98 Å². The van der Waals surface area contributed by atoms with Crippen molar-refractivity contribution in [3.05, 3.63) is 29.6 Å². The fraction of sp³-hybridized carbons (Fsp3) is 0.467. The molecular weight excluding hydrogens is 256 g/mol. The van der Waals surface area contributed by atoms with Crippen LogP contribution in [-0.4, -0.2) is 27.5 Å². The summed E-state index contributed by atoms with van der Waals surface area (Å²) in [5, 5.41) is 14.2. The van der Waals surface area contributed by atoms with Gasteiger partial charge in [0.15, 0.2) is 5.82 Å². The first kappa shape index (κ1) is 11.9. The summed E-state index contributed by atoms with van der Waals surface area (Å²) in [7, 11) is 0. The monoisotopic (exact) mass is 272 g/mol. The number of para-hydroxylation sites is 1. The molecule has 0 saturated carbocycles. The molecule has 5 heteroatoms. The molecule has 0 amide bonds. The van der Waals surface area contributed by atoms with Crippen molar-refractivity contribution in [2.45, 2.75) is 44.3 Å². The Labute approximate surface area is 116 Å². The summed E-state index contributed by atoms with van der Waals surface area (Å²) in [5.74, 6) is 1.52. The lowest BCUT2D eigenvalue weighted by atomic mass is 9.89. The van der Waals surface area contributed by atoms with Gasteiger partial charge in [-0.3, -0.25) is 0 Å². The number of hydrogen-bond acceptors (Lipinski definition) is 5. The Balaban J connectivity index is 1.67. The third-order valence-corrected chi connectivity index (χ3v) is 4.35. The molecule has 1 aromatic carbocycles. The summed E-state index contributed by atoms with van der Waals surface area (Å²) < 4.78 is 11.2. The molecular formula is C15H16N2O3. The average molecular weight is 272 g/mol. The molecule has 2 aliphatic heterocycles. The molecule has 104 valence electrons. The molecule has 3 atom stereocenters. The number of rotatable bonds is 2. The normalized spacial score (nSPS) is 28.1. The van der Waals surface area contributed by atoms with Gasteiger partial charge >= 0.3 is 0 Å². The lowest BCUT2D eigenvalue weighted by Gasteiger charge is -2.13. The van der Waals surface area contributed by atoms with Gasteiger partial charge in [0.05, 0.1) is 23.7 Å². The predicted octanol–water partition coefficient (Wildman–Crippen LogP) is 2.79. The maximum atomic E-state index is 10.1. The van der Waals surface area contributed by atoms with Crippen molar-refractivity contribution in [2.24, 2.45) is 0 Å². The summed E-state index contributed by atoms with van der Waals surface area (Å²) in [6.07, 6.45) is 3.79. The van der Waals surface area contributed by atoms with E-state index in [2.05, 4.69) is 10.1 Å². The van der Waals surface area contributed by atoms with Gasteiger partial charge in [0.2, 0.25) is 0 Å². The topological polar surface area (TPSA) is 68.4 Å². The number of nitrogens with zero attached hydrogens (tertiary/aromatic N) is 2. The number of ether oxygens (including phenoxy) is 1. The fourth-order valence-electron chi connectivity index (χ4n) is 3.24. The van der Waals surface area contributed by atoms with E-state index in [1.807, 2.05) is 19.1 Å². The lowest BCUT2D eigenvalue weighted by molar-refractivity contribution is 0.0996. The highest BCUT2D eigenvalue weighted by Gasteiger charge is 2.43. The van der Waals surface area contributed by atoms with Crippen molar-refractivity contribution >= 4 is 0 Å². The minimum absolute atomic E-state index is 0.201. The van der Waals surface area contributed by atoms with Crippen molar-refractivity contribution in [1.82, 2.24) is 10.1 Å². The summed E-state index contributed by atoms with van der Waals surface area (Å²) >= 11 is 0. The molecule has 0 aliphatic carbocycles. The van der Waals surface area contributed by atoms with E-state index in [4.69, 9.17) is 9.26 Å². The molecule has 1 N–H and O–H groups in total. The summed E-state index contributed by atoms with van der Waals surface area (Å²) in [5.41, 5.74) is 1.39. The van der Waals surface area contributed by atoms with Gasteiger partial charge in [-0.15, -0.1) is 0 Å². The highest BCUT2D eigenvalue weighted by Crippen LogP contribution is 2.44. The fourth-order valence-corrected chi connectivity index (χ4v) is 3.24. The molecule has 2 bridgehead atoms. The van der Waals surface area contributed by atoms with Crippen LogP contribution in [-0.2, 0) is 4.74 Å². The molecule has 0 spiro atoms. The van der Waals surface area contributed by atoms with Crippen LogP contribution in [0.4, 0.5) is 0 Å². The number of aromatic nitrogens is 2. The van der Waals surface area contributed by atoms with E-state index in [-0.39, 0.29) is 17.8 Å². The summed E-state index contributed by atoms with van der Waals surface area (Å²) in [4.78, 5) is 4.47. The summed E-state index contributed by atoms with van der Waals surface area (Å²) in [6.45, 7) is 1.85. The number of aromatic hydroxyl groups is 1. The molecule has 2 fully saturated rings. The number of fused-ring (bicyclic) bond motifs is 2. The van der Waals surface area contributed by atoms with E-state index in [1.54, 1.807) is 6.07 Å². The Morgan fingerprint density at radius 1 is 1.30 bits per heavy atom. The molecule has 3 unspecified atom stereocenters. The Morgan fingerprint density at radius 3 is 2.95 bits per heavy atom. The largest absolute Gasteiger partial charge is 0.507 e. The Morgan fingerprint density at radius 2 is 2.20 bits per heavy atom. The minimum Gasteiger partial charge on any atom is -0.507 e. The van der Waals surface area contributed by atoms with Crippen LogP contribution in [0.1, 0.15) is 36.6 Å². The third kappa shape index (κ3) is 1.73. The van der Waals surface area contributed by atoms with Crippen LogP contribution in [0.5, 0.6) is 5.75 Å². The van der Waals surface area contributed by atoms with E-state index in [0.717, 1.165) is 24.8 Å². The summed E-state index contributed by atoms with van der Waals surface area (Å²) in [6, 6.07) is 5.51. The second kappa shape index (κ2) is 4.31. The first-order valence-electron chi connectivity index (χ1n) is 7.00. The van der Waals surface area contributed by atoms with Gasteiger partial charge in [0.1, 0.15) is 5.75 Å². The number of aryl methyl sites for hydroxylation is 1. The van der Waals surface area contributed by atoms with Crippen molar-refractivity contribution in [3.63, 3.8) is 0 Å². The lowest BCUT2D eigenvalue weighted by Crippen LogP contribution is -2.15. The van der Waals surface area contributed by atoms with Gasteiger partial charge in [0.25, 0.3) is 5.89 Å². The van der Waals surface area contributed by atoms with Crippen LogP contribution in [0.2, 0.25) is 0 Å². The molecule has 2 saturated heterocycles. The molecule has 3 heterocycles. The van der Waals surface area contributed by atoms with Gasteiger partial charge < -0.3 is 14.4 Å². The van der Waals surface area contributed by atoms with Crippen molar-refractivity contribution in [1.29, 1.82) is 0 Å². The first-order chi connectivity index (χ1) is 9.72. The SMILES string of the molecule is Cc1cccc(-c2nc(C3CC4CCC3O4)no2)c1O. The van der Waals surface area contributed by atoms with Crippen LogP contribution in [0, 0.1) is 6.92 Å². The van der Waals surface area contributed by atoms with E-state index < -0.39 is 0 Å². The molecule has 20 heavy (non-hydrogen) atoms.